The Morgan fingerprint density at radius 2 is 2.28 bits per heavy atom. The van der Waals surface area contributed by atoms with Crippen LogP contribution in [0, 0.1) is 17.0 Å². The zero-order valence-electron chi connectivity index (χ0n) is 10.1. The number of hydrogen-bond donors (Lipinski definition) is 1. The molecule has 0 aromatic heterocycles. The van der Waals surface area contributed by atoms with Crippen molar-refractivity contribution in [3.63, 3.8) is 0 Å². The molecular formula is C12H15BrN2O3. The van der Waals surface area contributed by atoms with Gasteiger partial charge in [0.1, 0.15) is 6.61 Å². The number of benzene rings is 1. The van der Waals surface area contributed by atoms with Gasteiger partial charge in [-0.1, -0.05) is 15.9 Å². The molecule has 1 fully saturated rings. The molecule has 1 aliphatic carbocycles. The topological polar surface area (TPSA) is 64.4 Å². The second-order valence-electron chi connectivity index (χ2n) is 4.40. The van der Waals surface area contributed by atoms with E-state index in [1.807, 2.05) is 6.07 Å². The molecule has 2 rings (SSSR count). The fraction of sp³-hybridized carbons (Fsp3) is 0.500. The zero-order chi connectivity index (χ0) is 13.1. The number of nitro groups is 1. The van der Waals surface area contributed by atoms with Gasteiger partial charge in [-0.25, -0.2) is 0 Å². The van der Waals surface area contributed by atoms with Gasteiger partial charge in [-0.05, 0) is 31.4 Å². The van der Waals surface area contributed by atoms with Crippen LogP contribution in [0.1, 0.15) is 18.4 Å². The maximum atomic E-state index is 11.0. The summed E-state index contributed by atoms with van der Waals surface area (Å²) in [7, 11) is 0. The van der Waals surface area contributed by atoms with Crippen LogP contribution in [0.25, 0.3) is 0 Å². The largest absolute Gasteiger partial charge is 0.485 e. The van der Waals surface area contributed by atoms with Crippen molar-refractivity contribution < 1.29 is 9.66 Å². The molecule has 0 saturated heterocycles. The average Bonchev–Trinajstić information content (AvgIpc) is 3.09. The molecule has 1 N–H and O–H groups in total. The fourth-order valence-electron chi connectivity index (χ4n) is 1.74. The van der Waals surface area contributed by atoms with Gasteiger partial charge in [0, 0.05) is 23.1 Å². The van der Waals surface area contributed by atoms with Gasteiger partial charge in [0.05, 0.1) is 4.92 Å². The van der Waals surface area contributed by atoms with Crippen LogP contribution in [0.4, 0.5) is 5.69 Å². The maximum absolute atomic E-state index is 11.0. The van der Waals surface area contributed by atoms with Crippen molar-refractivity contribution in [2.24, 2.45) is 0 Å². The van der Waals surface area contributed by atoms with Crippen LogP contribution in [-0.2, 0) is 0 Å². The van der Waals surface area contributed by atoms with Crippen molar-refractivity contribution in [2.45, 2.75) is 25.8 Å². The first-order chi connectivity index (χ1) is 8.58. The van der Waals surface area contributed by atoms with E-state index in [1.54, 1.807) is 6.92 Å². The molecule has 0 bridgehead atoms. The van der Waals surface area contributed by atoms with Crippen LogP contribution in [-0.4, -0.2) is 24.1 Å². The lowest BCUT2D eigenvalue weighted by atomic mass is 10.2. The zero-order valence-corrected chi connectivity index (χ0v) is 11.7. The summed E-state index contributed by atoms with van der Waals surface area (Å²) in [5, 5.41) is 14.3. The smallest absolute Gasteiger partial charge is 0.312 e. The summed E-state index contributed by atoms with van der Waals surface area (Å²) in [4.78, 5) is 10.6. The van der Waals surface area contributed by atoms with Gasteiger partial charge in [0.25, 0.3) is 0 Å². The molecule has 0 heterocycles. The highest BCUT2D eigenvalue weighted by Gasteiger charge is 2.21. The predicted octanol–water partition coefficient (Wildman–Crippen LogP) is 2.80. The Morgan fingerprint density at radius 3 is 2.89 bits per heavy atom. The van der Waals surface area contributed by atoms with Crippen molar-refractivity contribution in [1.82, 2.24) is 5.32 Å². The molecule has 18 heavy (non-hydrogen) atoms. The molecule has 1 aliphatic rings. The monoisotopic (exact) mass is 314 g/mol. The summed E-state index contributed by atoms with van der Waals surface area (Å²) in [6.45, 7) is 2.97. The van der Waals surface area contributed by atoms with Crippen molar-refractivity contribution in [1.29, 1.82) is 0 Å². The van der Waals surface area contributed by atoms with Crippen LogP contribution in [0.15, 0.2) is 16.6 Å². The highest BCUT2D eigenvalue weighted by molar-refractivity contribution is 9.10. The maximum Gasteiger partial charge on any atom is 0.312 e. The Hall–Kier alpha value is -1.14. The minimum atomic E-state index is -0.415. The molecule has 0 aliphatic heterocycles. The number of nitro benzene ring substituents is 1. The lowest BCUT2D eigenvalue weighted by Gasteiger charge is -2.10. The van der Waals surface area contributed by atoms with Gasteiger partial charge in [0.15, 0.2) is 5.75 Å². The Bertz CT molecular complexity index is 461. The van der Waals surface area contributed by atoms with Gasteiger partial charge in [-0.15, -0.1) is 0 Å². The first kappa shape index (κ1) is 13.3. The molecule has 5 nitrogen and oxygen atoms in total. The molecule has 0 atom stereocenters. The Morgan fingerprint density at radius 1 is 1.56 bits per heavy atom. The number of hydrogen-bond acceptors (Lipinski definition) is 4. The summed E-state index contributed by atoms with van der Waals surface area (Å²) in [5.41, 5.74) is 0.774. The van der Waals surface area contributed by atoms with Gasteiger partial charge < -0.3 is 10.1 Å². The number of ether oxygens (including phenoxy) is 1. The lowest BCUT2D eigenvalue weighted by molar-refractivity contribution is -0.386. The molecule has 0 amide bonds. The number of halogens is 1. The van der Waals surface area contributed by atoms with Crippen molar-refractivity contribution in [3.05, 3.63) is 32.3 Å². The van der Waals surface area contributed by atoms with E-state index in [9.17, 15) is 10.1 Å². The molecule has 6 heteroatoms. The third-order valence-electron chi connectivity index (χ3n) is 2.78. The molecule has 1 saturated carbocycles. The van der Waals surface area contributed by atoms with Gasteiger partial charge >= 0.3 is 5.69 Å². The molecule has 0 spiro atoms. The van der Waals surface area contributed by atoms with Crippen molar-refractivity contribution in [2.75, 3.05) is 13.2 Å². The van der Waals surface area contributed by atoms with E-state index in [4.69, 9.17) is 4.74 Å². The molecular weight excluding hydrogens is 300 g/mol. The lowest BCUT2D eigenvalue weighted by Crippen LogP contribution is -2.23. The molecule has 1 aromatic carbocycles. The molecule has 98 valence electrons. The predicted molar refractivity (Wildman–Crippen MR) is 72.1 cm³/mol. The van der Waals surface area contributed by atoms with Crippen LogP contribution < -0.4 is 10.1 Å². The summed E-state index contributed by atoms with van der Waals surface area (Å²) in [6.07, 6.45) is 2.44. The molecule has 0 radical (unpaired) electrons. The van der Waals surface area contributed by atoms with E-state index in [-0.39, 0.29) is 5.69 Å². The third-order valence-corrected chi connectivity index (χ3v) is 3.23. The van der Waals surface area contributed by atoms with Gasteiger partial charge in [-0.3, -0.25) is 10.1 Å². The minimum Gasteiger partial charge on any atom is -0.485 e. The molecule has 1 aromatic rings. The molecule has 0 unspecified atom stereocenters. The van der Waals surface area contributed by atoms with Crippen LogP contribution in [0.5, 0.6) is 5.75 Å². The second-order valence-corrected chi connectivity index (χ2v) is 5.32. The highest BCUT2D eigenvalue weighted by Crippen LogP contribution is 2.34. The van der Waals surface area contributed by atoms with E-state index in [0.29, 0.717) is 22.9 Å². The third kappa shape index (κ3) is 3.43. The van der Waals surface area contributed by atoms with Crippen LogP contribution in [0.3, 0.4) is 0 Å². The van der Waals surface area contributed by atoms with Gasteiger partial charge in [-0.2, -0.15) is 0 Å². The van der Waals surface area contributed by atoms with Crippen molar-refractivity contribution in [3.8, 4) is 5.75 Å². The van der Waals surface area contributed by atoms with E-state index in [2.05, 4.69) is 21.2 Å². The normalized spacial score (nSPS) is 14.6. The average molecular weight is 315 g/mol. The van der Waals surface area contributed by atoms with E-state index in [0.717, 1.165) is 12.1 Å². The van der Waals surface area contributed by atoms with Crippen molar-refractivity contribution >= 4 is 21.6 Å². The first-order valence-electron chi connectivity index (χ1n) is 5.88. The second kappa shape index (κ2) is 5.67. The van der Waals surface area contributed by atoms with Gasteiger partial charge in [0.2, 0.25) is 0 Å². The Labute approximate surface area is 114 Å². The first-order valence-corrected chi connectivity index (χ1v) is 6.68. The number of nitrogens with zero attached hydrogens (tertiary/aromatic N) is 1. The number of aryl methyl sites for hydroxylation is 1. The number of rotatable bonds is 6. The van der Waals surface area contributed by atoms with Crippen LogP contribution in [0.2, 0.25) is 0 Å². The standard InChI is InChI=1S/C12H15BrN2O3/c1-8-6-9(13)7-11(15(16)17)12(8)18-5-4-14-10-2-3-10/h6-7,10,14H,2-5H2,1H3. The summed E-state index contributed by atoms with van der Waals surface area (Å²) in [6, 6.07) is 3.91. The van der Waals surface area contributed by atoms with Crippen LogP contribution >= 0.6 is 15.9 Å². The van der Waals surface area contributed by atoms with E-state index < -0.39 is 4.92 Å². The quantitative estimate of drug-likeness (QED) is 0.498. The summed E-state index contributed by atoms with van der Waals surface area (Å²) in [5.74, 6) is 0.362. The summed E-state index contributed by atoms with van der Waals surface area (Å²) >= 11 is 3.25. The summed E-state index contributed by atoms with van der Waals surface area (Å²) < 4.78 is 6.23. The minimum absolute atomic E-state index is 0.00768. The fourth-order valence-corrected chi connectivity index (χ4v) is 2.30. The Balaban J connectivity index is 2.02. The van der Waals surface area contributed by atoms with E-state index in [1.165, 1.54) is 18.9 Å². The Kier molecular flexibility index (Phi) is 4.19. The number of nitrogens with one attached hydrogen (secondary N) is 1. The van der Waals surface area contributed by atoms with E-state index >= 15 is 0 Å². The SMILES string of the molecule is Cc1cc(Br)cc([N+](=O)[O-])c1OCCNC1CC1. The highest BCUT2D eigenvalue weighted by atomic mass is 79.9.